The van der Waals surface area contributed by atoms with Crippen molar-refractivity contribution in [2.75, 3.05) is 13.1 Å². The molecule has 1 saturated heterocycles. The minimum absolute atomic E-state index is 0.0330. The molecule has 0 aliphatic carbocycles. The van der Waals surface area contributed by atoms with Gasteiger partial charge in [-0.1, -0.05) is 0 Å². The summed E-state index contributed by atoms with van der Waals surface area (Å²) in [5.41, 5.74) is 0.0876. The maximum absolute atomic E-state index is 12.8. The second-order valence-corrected chi connectivity index (χ2v) is 8.57. The van der Waals surface area contributed by atoms with Gasteiger partial charge in [-0.2, -0.15) is 4.31 Å². The van der Waals surface area contributed by atoms with Gasteiger partial charge in [0.25, 0.3) is 5.91 Å². The van der Waals surface area contributed by atoms with E-state index in [9.17, 15) is 23.1 Å². The molecule has 150 valence electrons. The lowest BCUT2D eigenvalue weighted by molar-refractivity contribution is -0.141. The number of hydrogen-bond acceptors (Lipinski definition) is 6. The van der Waals surface area contributed by atoms with E-state index in [1.807, 2.05) is 0 Å². The number of benzene rings is 1. The second kappa shape index (κ2) is 8.34. The number of aliphatic hydroxyl groups is 1. The lowest BCUT2D eigenvalue weighted by atomic mass is 10.1. The molecule has 0 aromatic heterocycles. The van der Waals surface area contributed by atoms with Gasteiger partial charge in [0.1, 0.15) is 0 Å². The van der Waals surface area contributed by atoms with E-state index in [2.05, 4.69) is 5.32 Å². The van der Waals surface area contributed by atoms with Gasteiger partial charge >= 0.3 is 5.97 Å². The van der Waals surface area contributed by atoms with Crippen LogP contribution in [0.1, 0.15) is 31.1 Å². The summed E-state index contributed by atoms with van der Waals surface area (Å²) in [4.78, 5) is 23.2. The number of ether oxygens (including phenoxy) is 1. The predicted molar refractivity (Wildman–Crippen MR) is 95.8 cm³/mol. The lowest BCUT2D eigenvalue weighted by Crippen LogP contribution is -2.48. The Morgan fingerprint density at radius 2 is 1.70 bits per heavy atom. The Balaban J connectivity index is 2.16. The Morgan fingerprint density at radius 3 is 2.15 bits per heavy atom. The number of nitrogens with zero attached hydrogens (tertiary/aromatic N) is 1. The highest BCUT2D eigenvalue weighted by atomic mass is 32.2. The Labute approximate surface area is 158 Å². The van der Waals surface area contributed by atoms with Crippen LogP contribution in [0.2, 0.25) is 0 Å². The van der Waals surface area contributed by atoms with Gasteiger partial charge < -0.3 is 20.3 Å². The summed E-state index contributed by atoms with van der Waals surface area (Å²) in [5, 5.41) is 20.6. The molecule has 1 heterocycles. The number of carboxylic acids is 1. The summed E-state index contributed by atoms with van der Waals surface area (Å²) in [6.07, 6.45) is -1.72. The number of morpholine rings is 1. The normalized spacial score (nSPS) is 23.4. The third kappa shape index (κ3) is 5.04. The van der Waals surface area contributed by atoms with Crippen LogP contribution >= 0.6 is 0 Å². The Kier molecular flexibility index (Phi) is 6.58. The quantitative estimate of drug-likeness (QED) is 0.614. The molecule has 9 nitrogen and oxygen atoms in total. The number of carbonyl (C=O) groups excluding carboxylic acids is 1. The van der Waals surface area contributed by atoms with Crippen molar-refractivity contribution in [1.82, 2.24) is 9.62 Å². The molecule has 2 rings (SSSR count). The summed E-state index contributed by atoms with van der Waals surface area (Å²) in [6, 6.07) is 3.74. The summed E-state index contributed by atoms with van der Waals surface area (Å²) in [5.74, 6) is -2.09. The van der Waals surface area contributed by atoms with Crippen molar-refractivity contribution in [1.29, 1.82) is 0 Å². The van der Waals surface area contributed by atoms with E-state index in [0.717, 1.165) is 0 Å². The van der Waals surface area contributed by atoms with E-state index in [0.29, 0.717) is 0 Å². The van der Waals surface area contributed by atoms with E-state index in [1.54, 1.807) is 13.8 Å². The number of sulfonamides is 1. The van der Waals surface area contributed by atoms with Crippen molar-refractivity contribution in [2.45, 2.75) is 50.0 Å². The molecule has 4 unspecified atom stereocenters. The van der Waals surface area contributed by atoms with Gasteiger partial charge in [0, 0.05) is 18.7 Å². The van der Waals surface area contributed by atoms with E-state index in [4.69, 9.17) is 9.84 Å². The van der Waals surface area contributed by atoms with Gasteiger partial charge in [-0.3, -0.25) is 4.79 Å². The molecule has 1 aromatic carbocycles. The smallest absolute Gasteiger partial charge is 0.328 e. The van der Waals surface area contributed by atoms with E-state index in [1.165, 1.54) is 35.5 Å². The molecule has 27 heavy (non-hydrogen) atoms. The number of aliphatic carboxylic acids is 1. The van der Waals surface area contributed by atoms with Crippen molar-refractivity contribution in [3.63, 3.8) is 0 Å². The van der Waals surface area contributed by atoms with Crippen molar-refractivity contribution in [2.24, 2.45) is 0 Å². The molecule has 0 radical (unpaired) electrons. The van der Waals surface area contributed by atoms with Crippen LogP contribution < -0.4 is 5.32 Å². The van der Waals surface area contributed by atoms with Crippen LogP contribution in [0, 0.1) is 0 Å². The highest BCUT2D eigenvalue weighted by Gasteiger charge is 2.32. The molecular weight excluding hydrogens is 376 g/mol. The van der Waals surface area contributed by atoms with Gasteiger partial charge in [0.15, 0.2) is 6.04 Å². The van der Waals surface area contributed by atoms with Crippen LogP contribution in [0.4, 0.5) is 0 Å². The number of carboxylic acid groups (broad SMARTS) is 1. The summed E-state index contributed by atoms with van der Waals surface area (Å²) >= 11 is 0. The fourth-order valence-electron chi connectivity index (χ4n) is 2.87. The standard InChI is InChI=1S/C17H24N2O7S/c1-10-8-19(9-11(2)26-10)27(24,25)14-6-4-13(5-7-14)16(21)18-15(12(3)20)17(22)23/h4-7,10-12,15,20H,8-9H2,1-3H3,(H,18,21)(H,22,23). The molecule has 1 aliphatic rings. The van der Waals surface area contributed by atoms with Crippen molar-refractivity contribution < 1.29 is 33.0 Å². The molecule has 1 aliphatic heterocycles. The van der Waals surface area contributed by atoms with Gasteiger partial charge in [0.2, 0.25) is 10.0 Å². The zero-order valence-electron chi connectivity index (χ0n) is 15.3. The largest absolute Gasteiger partial charge is 0.480 e. The average Bonchev–Trinajstić information content (AvgIpc) is 2.58. The first-order valence-electron chi connectivity index (χ1n) is 8.49. The highest BCUT2D eigenvalue weighted by molar-refractivity contribution is 7.89. The van der Waals surface area contributed by atoms with Gasteiger partial charge in [-0.15, -0.1) is 0 Å². The SMILES string of the molecule is CC1CN(S(=O)(=O)c2ccc(C(=O)NC(C(=O)O)C(C)O)cc2)CC(C)O1. The molecule has 1 aromatic rings. The zero-order valence-corrected chi connectivity index (χ0v) is 16.1. The fraction of sp³-hybridized carbons (Fsp3) is 0.529. The molecular formula is C17H24N2O7S. The number of aliphatic hydroxyl groups excluding tert-OH is 1. The minimum Gasteiger partial charge on any atom is -0.480 e. The predicted octanol–water partition coefficient (Wildman–Crippen LogP) is 0.0483. The van der Waals surface area contributed by atoms with Crippen molar-refractivity contribution in [3.05, 3.63) is 29.8 Å². The monoisotopic (exact) mass is 400 g/mol. The van der Waals surface area contributed by atoms with Crippen LogP contribution in [0.25, 0.3) is 0 Å². The van der Waals surface area contributed by atoms with E-state index < -0.39 is 34.0 Å². The molecule has 1 fully saturated rings. The first-order chi connectivity index (χ1) is 12.5. The van der Waals surface area contributed by atoms with Crippen molar-refractivity contribution in [3.8, 4) is 0 Å². The first-order valence-corrected chi connectivity index (χ1v) is 9.93. The maximum atomic E-state index is 12.8. The fourth-order valence-corrected chi connectivity index (χ4v) is 4.46. The number of hydrogen-bond donors (Lipinski definition) is 3. The topological polar surface area (TPSA) is 133 Å². The third-order valence-corrected chi connectivity index (χ3v) is 6.02. The molecule has 0 spiro atoms. The van der Waals surface area contributed by atoms with Crippen LogP contribution in [-0.2, 0) is 19.6 Å². The molecule has 0 saturated carbocycles. The zero-order chi connectivity index (χ0) is 20.4. The lowest BCUT2D eigenvalue weighted by Gasteiger charge is -2.34. The summed E-state index contributed by atoms with van der Waals surface area (Å²) in [6.45, 7) is 5.32. The highest BCUT2D eigenvalue weighted by Crippen LogP contribution is 2.21. The van der Waals surface area contributed by atoms with Crippen LogP contribution in [0.5, 0.6) is 0 Å². The summed E-state index contributed by atoms with van der Waals surface area (Å²) in [7, 11) is -3.73. The molecule has 10 heteroatoms. The molecule has 0 bridgehead atoms. The van der Waals surface area contributed by atoms with E-state index >= 15 is 0 Å². The average molecular weight is 400 g/mol. The van der Waals surface area contributed by atoms with Gasteiger partial charge in [-0.05, 0) is 45.0 Å². The number of amides is 1. The molecule has 3 N–H and O–H groups in total. The van der Waals surface area contributed by atoms with Gasteiger partial charge in [0.05, 0.1) is 23.2 Å². The summed E-state index contributed by atoms with van der Waals surface area (Å²) < 4.78 is 32.4. The van der Waals surface area contributed by atoms with Crippen LogP contribution in [-0.4, -0.2) is 72.3 Å². The third-order valence-electron chi connectivity index (χ3n) is 4.18. The number of carbonyl (C=O) groups is 2. The first kappa shape index (κ1) is 21.3. The Morgan fingerprint density at radius 1 is 1.19 bits per heavy atom. The molecule has 1 amide bonds. The number of rotatable bonds is 6. The van der Waals surface area contributed by atoms with E-state index in [-0.39, 0.29) is 35.8 Å². The van der Waals surface area contributed by atoms with Crippen LogP contribution in [0.3, 0.4) is 0 Å². The Bertz CT molecular complexity index is 782. The maximum Gasteiger partial charge on any atom is 0.328 e. The van der Waals surface area contributed by atoms with Crippen LogP contribution in [0.15, 0.2) is 29.2 Å². The van der Waals surface area contributed by atoms with Gasteiger partial charge in [-0.25, -0.2) is 13.2 Å². The number of nitrogens with one attached hydrogen (secondary N) is 1. The second-order valence-electron chi connectivity index (χ2n) is 6.63. The minimum atomic E-state index is -3.73. The molecule has 4 atom stereocenters. The van der Waals surface area contributed by atoms with Crippen molar-refractivity contribution >= 4 is 21.9 Å². The Hall–Kier alpha value is -2.01.